The van der Waals surface area contributed by atoms with Crippen molar-refractivity contribution in [1.29, 1.82) is 0 Å². The van der Waals surface area contributed by atoms with E-state index in [9.17, 15) is 15.2 Å². The molecule has 1 aromatic carbocycles. The third-order valence-corrected chi connectivity index (χ3v) is 2.47. The summed E-state index contributed by atoms with van der Waals surface area (Å²) in [4.78, 5) is 17.9. The van der Waals surface area contributed by atoms with Crippen LogP contribution in [0, 0.1) is 10.1 Å². The number of benzene rings is 1. The molecule has 1 heterocycles. The zero-order valence-corrected chi connectivity index (χ0v) is 10.9. The highest BCUT2D eigenvalue weighted by molar-refractivity contribution is 5.86. The minimum Gasteiger partial charge on any atom is -0.502 e. The number of ether oxygens (including phenoxy) is 1. The third kappa shape index (κ3) is 3.21. The number of aromatic hydroxyl groups is 1. The number of nitrogens with one attached hydrogen (secondary N) is 1. The minimum absolute atomic E-state index is 0.194. The number of rotatable bonds is 5. The topological polar surface area (TPSA) is 123 Å². The molecular weight excluding hydrogens is 278 g/mol. The highest BCUT2D eigenvalue weighted by Crippen LogP contribution is 2.28. The number of nitro benzene ring substituents is 1. The standard InChI is InChI=1S/C12H11N5O4/c1-21-12-11(13-5-6-14-12)16-15-7-8-3-2-4-9(10(8)18)17(19)20/h2-7,18H,1H3,(H,13,16). The van der Waals surface area contributed by atoms with Crippen LogP contribution in [0.25, 0.3) is 0 Å². The maximum absolute atomic E-state index is 10.7. The Bertz CT molecular complexity index is 689. The van der Waals surface area contributed by atoms with Gasteiger partial charge in [-0.05, 0) is 6.07 Å². The molecule has 0 atom stereocenters. The van der Waals surface area contributed by atoms with Crippen molar-refractivity contribution in [2.75, 3.05) is 12.5 Å². The molecule has 0 amide bonds. The number of para-hydroxylation sites is 1. The van der Waals surface area contributed by atoms with E-state index in [-0.39, 0.29) is 17.3 Å². The summed E-state index contributed by atoms with van der Waals surface area (Å²) in [6.07, 6.45) is 4.14. The predicted octanol–water partition coefficient (Wildman–Crippen LogP) is 1.54. The summed E-state index contributed by atoms with van der Waals surface area (Å²) < 4.78 is 4.97. The number of nitrogens with zero attached hydrogens (tertiary/aromatic N) is 4. The molecule has 2 aromatic rings. The van der Waals surface area contributed by atoms with Crippen LogP contribution in [0.2, 0.25) is 0 Å². The van der Waals surface area contributed by atoms with E-state index in [1.54, 1.807) is 0 Å². The lowest BCUT2D eigenvalue weighted by Gasteiger charge is -2.04. The number of hydrogen-bond acceptors (Lipinski definition) is 8. The van der Waals surface area contributed by atoms with Crippen molar-refractivity contribution in [3.05, 3.63) is 46.3 Å². The Balaban J connectivity index is 2.19. The van der Waals surface area contributed by atoms with Gasteiger partial charge in [0, 0.05) is 24.0 Å². The van der Waals surface area contributed by atoms with Crippen molar-refractivity contribution in [3.63, 3.8) is 0 Å². The molecule has 0 spiro atoms. The first kappa shape index (κ1) is 14.2. The Morgan fingerprint density at radius 1 is 1.43 bits per heavy atom. The molecule has 0 bridgehead atoms. The Hall–Kier alpha value is -3.23. The zero-order chi connectivity index (χ0) is 15.2. The zero-order valence-electron chi connectivity index (χ0n) is 10.9. The van der Waals surface area contributed by atoms with Gasteiger partial charge in [0.25, 0.3) is 5.88 Å². The average Bonchev–Trinajstić information content (AvgIpc) is 2.49. The van der Waals surface area contributed by atoms with Gasteiger partial charge in [0.05, 0.1) is 18.2 Å². The molecule has 108 valence electrons. The van der Waals surface area contributed by atoms with E-state index in [4.69, 9.17) is 4.74 Å². The summed E-state index contributed by atoms with van der Waals surface area (Å²) in [5.74, 6) is 0.0678. The molecule has 0 radical (unpaired) electrons. The number of aromatic nitrogens is 2. The fourth-order valence-corrected chi connectivity index (χ4v) is 1.51. The molecule has 0 unspecified atom stereocenters. The smallest absolute Gasteiger partial charge is 0.311 e. The van der Waals surface area contributed by atoms with Crippen molar-refractivity contribution in [2.24, 2.45) is 5.10 Å². The summed E-state index contributed by atoms with van der Waals surface area (Å²) in [7, 11) is 1.44. The van der Waals surface area contributed by atoms with Crippen LogP contribution >= 0.6 is 0 Å². The monoisotopic (exact) mass is 289 g/mol. The summed E-state index contributed by atoms with van der Waals surface area (Å²) in [6.45, 7) is 0. The molecule has 2 N–H and O–H groups in total. The number of phenolic OH excluding ortho intramolecular Hbond substituents is 1. The Morgan fingerprint density at radius 3 is 2.90 bits per heavy atom. The van der Waals surface area contributed by atoms with E-state index >= 15 is 0 Å². The first-order chi connectivity index (χ1) is 10.1. The van der Waals surface area contributed by atoms with Crippen LogP contribution < -0.4 is 10.2 Å². The number of anilines is 1. The van der Waals surface area contributed by atoms with Gasteiger partial charge in [-0.3, -0.25) is 15.5 Å². The Morgan fingerprint density at radius 2 is 2.19 bits per heavy atom. The second-order valence-electron chi connectivity index (χ2n) is 3.76. The summed E-state index contributed by atoms with van der Waals surface area (Å²) in [5, 5.41) is 24.3. The van der Waals surface area contributed by atoms with E-state index in [0.29, 0.717) is 0 Å². The number of methoxy groups -OCH3 is 1. The molecule has 9 nitrogen and oxygen atoms in total. The normalized spacial score (nSPS) is 10.5. The fourth-order valence-electron chi connectivity index (χ4n) is 1.51. The Kier molecular flexibility index (Phi) is 4.24. The van der Waals surface area contributed by atoms with Gasteiger partial charge in [0.1, 0.15) is 0 Å². The molecule has 0 fully saturated rings. The van der Waals surface area contributed by atoms with Crippen LogP contribution in [0.4, 0.5) is 11.5 Å². The predicted molar refractivity (Wildman–Crippen MR) is 74.6 cm³/mol. The molecule has 0 aliphatic heterocycles. The minimum atomic E-state index is -0.675. The lowest BCUT2D eigenvalue weighted by Crippen LogP contribution is -1.99. The second-order valence-corrected chi connectivity index (χ2v) is 3.76. The van der Waals surface area contributed by atoms with Crippen molar-refractivity contribution in [2.45, 2.75) is 0 Å². The lowest BCUT2D eigenvalue weighted by atomic mass is 10.2. The largest absolute Gasteiger partial charge is 0.502 e. The molecule has 0 aliphatic carbocycles. The van der Waals surface area contributed by atoms with Crippen molar-refractivity contribution < 1.29 is 14.8 Å². The number of hydrazone groups is 1. The van der Waals surface area contributed by atoms with Gasteiger partial charge >= 0.3 is 5.69 Å². The van der Waals surface area contributed by atoms with E-state index < -0.39 is 16.4 Å². The molecule has 0 saturated heterocycles. The lowest BCUT2D eigenvalue weighted by molar-refractivity contribution is -0.385. The molecule has 0 saturated carbocycles. The number of phenols is 1. The summed E-state index contributed by atoms with van der Waals surface area (Å²) in [5.41, 5.74) is 2.38. The summed E-state index contributed by atoms with van der Waals surface area (Å²) in [6, 6.07) is 4.13. The maximum atomic E-state index is 10.7. The quantitative estimate of drug-likeness (QED) is 0.486. The third-order valence-electron chi connectivity index (χ3n) is 2.47. The van der Waals surface area contributed by atoms with Crippen LogP contribution in [-0.2, 0) is 0 Å². The average molecular weight is 289 g/mol. The summed E-state index contributed by atoms with van der Waals surface area (Å²) >= 11 is 0. The van der Waals surface area contributed by atoms with E-state index in [2.05, 4.69) is 20.5 Å². The van der Waals surface area contributed by atoms with E-state index in [0.717, 1.165) is 0 Å². The van der Waals surface area contributed by atoms with Crippen molar-refractivity contribution in [3.8, 4) is 11.6 Å². The number of nitro groups is 1. The SMILES string of the molecule is COc1nccnc1NN=Cc1cccc([N+](=O)[O-])c1O. The van der Waals surface area contributed by atoms with Gasteiger partial charge < -0.3 is 9.84 Å². The van der Waals surface area contributed by atoms with E-state index in [1.807, 2.05) is 0 Å². The van der Waals surface area contributed by atoms with Crippen LogP contribution in [0.1, 0.15) is 5.56 Å². The van der Waals surface area contributed by atoms with Crippen LogP contribution in [0.5, 0.6) is 11.6 Å². The fraction of sp³-hybridized carbons (Fsp3) is 0.0833. The van der Waals surface area contributed by atoms with Gasteiger partial charge in [0.15, 0.2) is 0 Å². The van der Waals surface area contributed by atoms with Crippen molar-refractivity contribution in [1.82, 2.24) is 9.97 Å². The highest BCUT2D eigenvalue weighted by atomic mass is 16.6. The van der Waals surface area contributed by atoms with Crippen LogP contribution in [-0.4, -0.2) is 33.3 Å². The first-order valence-electron chi connectivity index (χ1n) is 5.74. The Labute approximate surface area is 119 Å². The number of hydrogen-bond donors (Lipinski definition) is 2. The molecule has 9 heteroatoms. The van der Waals surface area contributed by atoms with E-state index in [1.165, 1.54) is 43.9 Å². The van der Waals surface area contributed by atoms with Crippen molar-refractivity contribution >= 4 is 17.7 Å². The van der Waals surface area contributed by atoms with Gasteiger partial charge in [-0.2, -0.15) is 5.10 Å². The molecule has 2 rings (SSSR count). The highest BCUT2D eigenvalue weighted by Gasteiger charge is 2.15. The van der Waals surface area contributed by atoms with Gasteiger partial charge in [-0.15, -0.1) is 0 Å². The molecule has 1 aromatic heterocycles. The van der Waals surface area contributed by atoms with Gasteiger partial charge in [0.2, 0.25) is 11.6 Å². The van der Waals surface area contributed by atoms with Crippen LogP contribution in [0.3, 0.4) is 0 Å². The van der Waals surface area contributed by atoms with Gasteiger partial charge in [-0.1, -0.05) is 6.07 Å². The van der Waals surface area contributed by atoms with Gasteiger partial charge in [-0.25, -0.2) is 9.97 Å². The molecular formula is C12H11N5O4. The molecule has 0 aliphatic rings. The second kappa shape index (κ2) is 6.28. The molecule has 21 heavy (non-hydrogen) atoms. The first-order valence-corrected chi connectivity index (χ1v) is 5.74. The maximum Gasteiger partial charge on any atom is 0.311 e. The van der Waals surface area contributed by atoms with Crippen LogP contribution in [0.15, 0.2) is 35.7 Å².